The van der Waals surface area contributed by atoms with Gasteiger partial charge in [-0.1, -0.05) is 32.0 Å². The molecule has 3 rings (SSSR count). The Hall–Kier alpha value is -2.35. The fourth-order valence-corrected chi connectivity index (χ4v) is 3.57. The number of nitrogens with one attached hydrogen (secondary N) is 1. The maximum Gasteiger partial charge on any atom is 0.416 e. The van der Waals surface area contributed by atoms with Crippen LogP contribution in [0.3, 0.4) is 0 Å². The molecule has 3 N–H and O–H groups in total. The van der Waals surface area contributed by atoms with Crippen molar-refractivity contribution in [2.75, 3.05) is 11.1 Å². The second-order valence-electron chi connectivity index (χ2n) is 5.96. The van der Waals surface area contributed by atoms with Gasteiger partial charge in [-0.05, 0) is 23.6 Å². The lowest BCUT2D eigenvalue weighted by Gasteiger charge is -2.13. The Labute approximate surface area is 146 Å². The van der Waals surface area contributed by atoms with Crippen LogP contribution in [0, 0.1) is 0 Å². The minimum atomic E-state index is -4.40. The molecule has 2 heterocycles. The normalized spacial score (nSPS) is 12.1. The number of hydrogen-bond donors (Lipinski definition) is 2. The molecule has 0 spiro atoms. The van der Waals surface area contributed by atoms with Gasteiger partial charge in [0.15, 0.2) is 0 Å². The summed E-state index contributed by atoms with van der Waals surface area (Å²) in [6, 6.07) is 7.42. The molecule has 0 aliphatic heterocycles. The Kier molecular flexibility index (Phi) is 4.55. The molecule has 4 nitrogen and oxygen atoms in total. The lowest BCUT2D eigenvalue weighted by Crippen LogP contribution is -2.12. The van der Waals surface area contributed by atoms with Gasteiger partial charge < -0.3 is 11.1 Å². The van der Waals surface area contributed by atoms with Crippen LogP contribution in [-0.2, 0) is 12.7 Å². The zero-order valence-corrected chi connectivity index (χ0v) is 14.5. The second kappa shape index (κ2) is 6.51. The predicted molar refractivity (Wildman–Crippen MR) is 94.7 cm³/mol. The Morgan fingerprint density at radius 1 is 1.20 bits per heavy atom. The first-order chi connectivity index (χ1) is 11.8. The van der Waals surface area contributed by atoms with Crippen molar-refractivity contribution in [3.8, 4) is 0 Å². The summed E-state index contributed by atoms with van der Waals surface area (Å²) in [5.41, 5.74) is 5.94. The second-order valence-corrected chi connectivity index (χ2v) is 7.04. The minimum Gasteiger partial charge on any atom is -0.368 e. The van der Waals surface area contributed by atoms with Crippen LogP contribution in [-0.4, -0.2) is 9.97 Å². The van der Waals surface area contributed by atoms with Gasteiger partial charge in [0, 0.05) is 11.4 Å². The van der Waals surface area contributed by atoms with Gasteiger partial charge in [-0.2, -0.15) is 18.2 Å². The number of hydrogen-bond acceptors (Lipinski definition) is 5. The van der Waals surface area contributed by atoms with E-state index >= 15 is 0 Å². The third kappa shape index (κ3) is 3.68. The van der Waals surface area contributed by atoms with Gasteiger partial charge in [-0.25, -0.2) is 4.98 Å². The first-order valence-electron chi connectivity index (χ1n) is 7.71. The maximum absolute atomic E-state index is 13.1. The van der Waals surface area contributed by atoms with Crippen molar-refractivity contribution >= 4 is 33.3 Å². The third-order valence-corrected chi connectivity index (χ3v) is 5.18. The lowest BCUT2D eigenvalue weighted by atomic mass is 10.1. The molecule has 3 aromatic rings. The average molecular weight is 366 g/mol. The molecule has 8 heteroatoms. The van der Waals surface area contributed by atoms with Gasteiger partial charge in [0.1, 0.15) is 5.82 Å². The molecule has 1 aromatic carbocycles. The van der Waals surface area contributed by atoms with E-state index in [-0.39, 0.29) is 18.1 Å². The van der Waals surface area contributed by atoms with Gasteiger partial charge in [-0.15, -0.1) is 11.3 Å². The highest BCUT2D eigenvalue weighted by atomic mass is 32.1. The Morgan fingerprint density at radius 2 is 1.92 bits per heavy atom. The smallest absolute Gasteiger partial charge is 0.368 e. The molecule has 0 bridgehead atoms. The molecule has 0 unspecified atom stereocenters. The molecule has 25 heavy (non-hydrogen) atoms. The van der Waals surface area contributed by atoms with Gasteiger partial charge in [0.2, 0.25) is 5.95 Å². The van der Waals surface area contributed by atoms with Crippen LogP contribution in [0.15, 0.2) is 30.3 Å². The number of rotatable bonds is 4. The summed E-state index contributed by atoms with van der Waals surface area (Å²) in [6.07, 6.45) is -4.40. The van der Waals surface area contributed by atoms with Crippen LogP contribution in [0.25, 0.3) is 10.2 Å². The SMILES string of the molecule is CC(C)c1cc2nc(N)nc(NCc3ccccc3C(F)(F)F)c2s1. The molecule has 0 aliphatic rings. The monoisotopic (exact) mass is 366 g/mol. The summed E-state index contributed by atoms with van der Waals surface area (Å²) in [4.78, 5) is 9.49. The summed E-state index contributed by atoms with van der Waals surface area (Å²) in [7, 11) is 0. The molecule has 0 fully saturated rings. The topological polar surface area (TPSA) is 63.8 Å². The zero-order chi connectivity index (χ0) is 18.2. The maximum atomic E-state index is 13.1. The number of anilines is 2. The highest BCUT2D eigenvalue weighted by Gasteiger charge is 2.32. The molecule has 0 saturated heterocycles. The Morgan fingerprint density at radius 3 is 2.60 bits per heavy atom. The minimum absolute atomic E-state index is 0.00382. The lowest BCUT2D eigenvalue weighted by molar-refractivity contribution is -0.138. The number of nitrogen functional groups attached to an aromatic ring is 1. The van der Waals surface area contributed by atoms with E-state index in [0.29, 0.717) is 17.3 Å². The number of nitrogens with zero attached hydrogens (tertiary/aromatic N) is 2. The highest BCUT2D eigenvalue weighted by Crippen LogP contribution is 2.35. The van der Waals surface area contributed by atoms with Crippen molar-refractivity contribution in [1.29, 1.82) is 0 Å². The molecule has 0 radical (unpaired) electrons. The van der Waals surface area contributed by atoms with E-state index in [2.05, 4.69) is 29.1 Å². The van der Waals surface area contributed by atoms with Crippen molar-refractivity contribution in [2.24, 2.45) is 0 Å². The number of nitrogens with two attached hydrogens (primary N) is 1. The zero-order valence-electron chi connectivity index (χ0n) is 13.7. The molecule has 2 aromatic heterocycles. The third-order valence-electron chi connectivity index (χ3n) is 3.75. The van der Waals surface area contributed by atoms with E-state index in [1.165, 1.54) is 23.5 Å². The average Bonchev–Trinajstić information content (AvgIpc) is 2.96. The fourth-order valence-electron chi connectivity index (χ4n) is 2.50. The van der Waals surface area contributed by atoms with Gasteiger partial charge >= 0.3 is 6.18 Å². The number of alkyl halides is 3. The van der Waals surface area contributed by atoms with Crippen molar-refractivity contribution in [2.45, 2.75) is 32.5 Å². The molecular weight excluding hydrogens is 349 g/mol. The summed E-state index contributed by atoms with van der Waals surface area (Å²) in [6.45, 7) is 4.12. The van der Waals surface area contributed by atoms with E-state index in [0.717, 1.165) is 15.6 Å². The first kappa shape index (κ1) is 17.5. The van der Waals surface area contributed by atoms with Gasteiger partial charge in [-0.3, -0.25) is 0 Å². The van der Waals surface area contributed by atoms with E-state index in [1.54, 1.807) is 6.07 Å². The number of thiophene rings is 1. The number of halogens is 3. The molecule has 0 atom stereocenters. The van der Waals surface area contributed by atoms with E-state index in [1.807, 2.05) is 6.07 Å². The van der Waals surface area contributed by atoms with Crippen LogP contribution in [0.5, 0.6) is 0 Å². The number of fused-ring (bicyclic) bond motifs is 1. The number of aromatic nitrogens is 2. The fraction of sp³-hybridized carbons (Fsp3) is 0.294. The highest BCUT2D eigenvalue weighted by molar-refractivity contribution is 7.19. The summed E-state index contributed by atoms with van der Waals surface area (Å²) in [5, 5.41) is 2.99. The van der Waals surface area contributed by atoms with Crippen LogP contribution >= 0.6 is 11.3 Å². The van der Waals surface area contributed by atoms with Gasteiger partial charge in [0.25, 0.3) is 0 Å². The first-order valence-corrected chi connectivity index (χ1v) is 8.53. The van der Waals surface area contributed by atoms with Crippen LogP contribution in [0.4, 0.5) is 24.9 Å². The predicted octanol–water partition coefficient (Wildman–Crippen LogP) is 5.03. The molecule has 0 aliphatic carbocycles. The van der Waals surface area contributed by atoms with Crippen molar-refractivity contribution in [1.82, 2.24) is 9.97 Å². The molecule has 132 valence electrons. The van der Waals surface area contributed by atoms with Crippen molar-refractivity contribution < 1.29 is 13.2 Å². The van der Waals surface area contributed by atoms with E-state index in [4.69, 9.17) is 5.73 Å². The van der Waals surface area contributed by atoms with E-state index < -0.39 is 11.7 Å². The van der Waals surface area contributed by atoms with E-state index in [9.17, 15) is 13.2 Å². The number of benzene rings is 1. The van der Waals surface area contributed by atoms with Crippen molar-refractivity contribution in [3.63, 3.8) is 0 Å². The molecule has 0 saturated carbocycles. The van der Waals surface area contributed by atoms with Crippen LogP contribution in [0.2, 0.25) is 0 Å². The van der Waals surface area contributed by atoms with Crippen molar-refractivity contribution in [3.05, 3.63) is 46.3 Å². The largest absolute Gasteiger partial charge is 0.416 e. The van der Waals surface area contributed by atoms with Crippen LogP contribution < -0.4 is 11.1 Å². The summed E-state index contributed by atoms with van der Waals surface area (Å²) < 4.78 is 40.1. The van der Waals surface area contributed by atoms with Gasteiger partial charge in [0.05, 0.1) is 15.8 Å². The molecular formula is C17H17F3N4S. The quantitative estimate of drug-likeness (QED) is 0.680. The summed E-state index contributed by atoms with van der Waals surface area (Å²) >= 11 is 1.52. The standard InChI is InChI=1S/C17H17F3N4S/c1-9(2)13-7-12-14(25-13)15(24-16(21)23-12)22-8-10-5-3-4-6-11(10)17(18,19)20/h3-7,9H,8H2,1-2H3,(H3,21,22,23,24). The Bertz CT molecular complexity index is 903. The summed E-state index contributed by atoms with van der Waals surface area (Å²) in [5.74, 6) is 0.864. The Balaban J connectivity index is 1.94. The van der Waals surface area contributed by atoms with Crippen LogP contribution in [0.1, 0.15) is 35.8 Å². The molecule has 0 amide bonds.